The standard InChI is InChI=1S/C40H67O9P/c1-3-5-7-9-11-12-13-14-18-21-25-29-33-39(42)47-35-38(36-48-50(44,45)46)49-40(43)34-30-26-22-19-16-15-17-20-24-28-32-37(41)31-27-23-10-8-6-4-2/h6,8,15-16,20,22-24,26-28,32,37-38,41H,3-5,7,9-14,17-19,21,25,29-31,33-36H2,1-2H3,(H2,44,45,46)/b8-6-,16-15-,24-20-,26-22-,27-23-,32-28+/t37?,38-/m1/s1. The molecule has 0 aromatic rings. The number of allylic oxidation sites excluding steroid dienone is 10. The van der Waals surface area contributed by atoms with Gasteiger partial charge in [-0.2, -0.15) is 0 Å². The van der Waals surface area contributed by atoms with E-state index in [1.54, 1.807) is 6.08 Å². The number of phosphoric ester groups is 1. The van der Waals surface area contributed by atoms with Crippen molar-refractivity contribution >= 4 is 19.8 Å². The van der Waals surface area contributed by atoms with Crippen LogP contribution in [0.15, 0.2) is 72.9 Å². The Kier molecular flexibility index (Phi) is 33.1. The predicted octanol–water partition coefficient (Wildman–Crippen LogP) is 10.1. The summed E-state index contributed by atoms with van der Waals surface area (Å²) in [5, 5.41) is 9.96. The number of unbranched alkanes of at least 4 members (excludes halogenated alkanes) is 11. The van der Waals surface area contributed by atoms with Crippen LogP contribution in [0.5, 0.6) is 0 Å². The second-order valence-corrected chi connectivity index (χ2v) is 13.6. The van der Waals surface area contributed by atoms with Crippen molar-refractivity contribution in [3.8, 4) is 0 Å². The average Bonchev–Trinajstić information content (AvgIpc) is 3.08. The highest BCUT2D eigenvalue weighted by Gasteiger charge is 2.22. The molecule has 0 saturated heterocycles. The number of hydrogen-bond acceptors (Lipinski definition) is 7. The van der Waals surface area contributed by atoms with Crippen molar-refractivity contribution in [1.82, 2.24) is 0 Å². The zero-order chi connectivity index (χ0) is 37.0. The van der Waals surface area contributed by atoms with Crippen LogP contribution in [0.3, 0.4) is 0 Å². The molecule has 0 rings (SSSR count). The van der Waals surface area contributed by atoms with E-state index in [1.807, 2.05) is 48.6 Å². The van der Waals surface area contributed by atoms with Gasteiger partial charge in [0.25, 0.3) is 0 Å². The Labute approximate surface area is 302 Å². The molecule has 3 N–H and O–H groups in total. The zero-order valence-electron chi connectivity index (χ0n) is 30.9. The number of rotatable bonds is 33. The first-order valence-corrected chi connectivity index (χ1v) is 20.4. The third-order valence-corrected chi connectivity index (χ3v) is 8.07. The molecule has 2 atom stereocenters. The molecule has 0 fully saturated rings. The predicted molar refractivity (Wildman–Crippen MR) is 203 cm³/mol. The van der Waals surface area contributed by atoms with E-state index in [9.17, 15) is 19.3 Å². The van der Waals surface area contributed by atoms with Gasteiger partial charge >= 0.3 is 19.8 Å². The quantitative estimate of drug-likeness (QED) is 0.0198. The summed E-state index contributed by atoms with van der Waals surface area (Å²) in [6, 6.07) is 0. The van der Waals surface area contributed by atoms with Crippen LogP contribution >= 0.6 is 7.82 Å². The molecule has 50 heavy (non-hydrogen) atoms. The van der Waals surface area contributed by atoms with Crippen molar-refractivity contribution in [3.63, 3.8) is 0 Å². The van der Waals surface area contributed by atoms with Gasteiger partial charge in [0.1, 0.15) is 6.61 Å². The minimum absolute atomic E-state index is 0.0616. The molecule has 0 aromatic carbocycles. The normalized spacial score (nSPS) is 13.9. The Hall–Kier alpha value is -2.55. The lowest BCUT2D eigenvalue weighted by Gasteiger charge is -2.18. The van der Waals surface area contributed by atoms with Crippen molar-refractivity contribution in [2.45, 2.75) is 154 Å². The summed E-state index contributed by atoms with van der Waals surface area (Å²) in [6.45, 7) is 3.42. The number of carbonyl (C=O) groups excluding carboxylic acids is 2. The fourth-order valence-corrected chi connectivity index (χ4v) is 5.14. The van der Waals surface area contributed by atoms with Crippen molar-refractivity contribution in [3.05, 3.63) is 72.9 Å². The van der Waals surface area contributed by atoms with Crippen LogP contribution in [0.25, 0.3) is 0 Å². The van der Waals surface area contributed by atoms with Crippen molar-refractivity contribution in [1.29, 1.82) is 0 Å². The first-order chi connectivity index (χ1) is 24.2. The molecule has 0 amide bonds. The monoisotopic (exact) mass is 722 g/mol. The number of aliphatic hydroxyl groups excluding tert-OH is 1. The molecule has 0 aliphatic carbocycles. The summed E-state index contributed by atoms with van der Waals surface area (Å²) >= 11 is 0. The molecule has 10 heteroatoms. The Morgan fingerprint density at radius 2 is 1.20 bits per heavy atom. The molecule has 0 heterocycles. The lowest BCUT2D eigenvalue weighted by atomic mass is 10.0. The van der Waals surface area contributed by atoms with Crippen LogP contribution in [0.4, 0.5) is 0 Å². The summed E-state index contributed by atoms with van der Waals surface area (Å²) in [5.74, 6) is -1.02. The van der Waals surface area contributed by atoms with E-state index < -0.39 is 38.6 Å². The Balaban J connectivity index is 4.19. The molecule has 0 radical (unpaired) electrons. The van der Waals surface area contributed by atoms with Gasteiger partial charge in [-0.3, -0.25) is 14.1 Å². The number of phosphoric acid groups is 1. The van der Waals surface area contributed by atoms with Gasteiger partial charge in [-0.05, 0) is 44.9 Å². The molecule has 286 valence electrons. The van der Waals surface area contributed by atoms with Crippen LogP contribution < -0.4 is 0 Å². The molecule has 1 unspecified atom stereocenters. The molecular weight excluding hydrogens is 655 g/mol. The van der Waals surface area contributed by atoms with Gasteiger partial charge in [-0.1, -0.05) is 157 Å². The fraction of sp³-hybridized carbons (Fsp3) is 0.650. The first-order valence-electron chi connectivity index (χ1n) is 18.8. The Morgan fingerprint density at radius 1 is 0.640 bits per heavy atom. The van der Waals surface area contributed by atoms with Crippen LogP contribution in [0.2, 0.25) is 0 Å². The summed E-state index contributed by atoms with van der Waals surface area (Å²) in [4.78, 5) is 42.6. The van der Waals surface area contributed by atoms with Crippen LogP contribution in [-0.2, 0) is 28.2 Å². The van der Waals surface area contributed by atoms with Crippen LogP contribution in [0.1, 0.15) is 142 Å². The largest absolute Gasteiger partial charge is 0.469 e. The maximum atomic E-state index is 12.3. The van der Waals surface area contributed by atoms with E-state index in [0.717, 1.165) is 38.5 Å². The minimum Gasteiger partial charge on any atom is -0.462 e. The van der Waals surface area contributed by atoms with Crippen LogP contribution in [0, 0.1) is 0 Å². The molecule has 0 spiro atoms. The van der Waals surface area contributed by atoms with E-state index in [2.05, 4.69) is 36.6 Å². The fourth-order valence-electron chi connectivity index (χ4n) is 4.78. The molecule has 9 nitrogen and oxygen atoms in total. The Bertz CT molecular complexity index is 1060. The smallest absolute Gasteiger partial charge is 0.462 e. The summed E-state index contributed by atoms with van der Waals surface area (Å²) in [7, 11) is -4.78. The molecule has 0 saturated carbocycles. The topological polar surface area (TPSA) is 140 Å². The first kappa shape index (κ1) is 47.4. The van der Waals surface area contributed by atoms with E-state index in [4.69, 9.17) is 19.3 Å². The highest BCUT2D eigenvalue weighted by Crippen LogP contribution is 2.35. The number of esters is 2. The molecule has 0 bridgehead atoms. The van der Waals surface area contributed by atoms with E-state index >= 15 is 0 Å². The Morgan fingerprint density at radius 3 is 1.82 bits per heavy atom. The highest BCUT2D eigenvalue weighted by molar-refractivity contribution is 7.46. The van der Waals surface area contributed by atoms with Crippen molar-refractivity contribution in [2.24, 2.45) is 0 Å². The van der Waals surface area contributed by atoms with Gasteiger partial charge in [-0.15, -0.1) is 0 Å². The lowest BCUT2D eigenvalue weighted by Crippen LogP contribution is -2.29. The van der Waals surface area contributed by atoms with Gasteiger partial charge in [0, 0.05) is 12.8 Å². The number of carbonyl (C=O) groups is 2. The summed E-state index contributed by atoms with van der Waals surface area (Å²) in [5.41, 5.74) is 0. The lowest BCUT2D eigenvalue weighted by molar-refractivity contribution is -0.161. The minimum atomic E-state index is -4.78. The molecule has 0 aromatic heterocycles. The highest BCUT2D eigenvalue weighted by atomic mass is 31.2. The maximum absolute atomic E-state index is 12.3. The van der Waals surface area contributed by atoms with Crippen molar-refractivity contribution < 1.29 is 43.0 Å². The SMILES string of the molecule is CC/C=C\C/C=C\CC(O)/C=C/C=C\C/C=C\C/C=C\CCC(=O)O[C@H](COC(=O)CCCCCCCCCCCCCC)COP(=O)(O)O. The molecule has 0 aliphatic heterocycles. The van der Waals surface area contributed by atoms with E-state index in [-0.39, 0.29) is 19.4 Å². The van der Waals surface area contributed by atoms with Gasteiger partial charge in [0.05, 0.1) is 12.7 Å². The van der Waals surface area contributed by atoms with Crippen molar-refractivity contribution in [2.75, 3.05) is 13.2 Å². The number of ether oxygens (including phenoxy) is 2. The van der Waals surface area contributed by atoms with E-state index in [1.165, 1.54) is 51.4 Å². The summed E-state index contributed by atoms with van der Waals surface area (Å²) in [6.07, 6.45) is 40.9. The van der Waals surface area contributed by atoms with E-state index in [0.29, 0.717) is 25.7 Å². The number of aliphatic hydroxyl groups is 1. The van der Waals surface area contributed by atoms with Gasteiger partial charge in [0.2, 0.25) is 0 Å². The van der Waals surface area contributed by atoms with Gasteiger partial charge < -0.3 is 24.4 Å². The average molecular weight is 723 g/mol. The third kappa shape index (κ3) is 36.7. The van der Waals surface area contributed by atoms with Gasteiger partial charge in [-0.25, -0.2) is 4.57 Å². The third-order valence-electron chi connectivity index (χ3n) is 7.58. The number of hydrogen-bond donors (Lipinski definition) is 3. The van der Waals surface area contributed by atoms with Gasteiger partial charge in [0.15, 0.2) is 6.10 Å². The van der Waals surface area contributed by atoms with Crippen LogP contribution in [-0.4, -0.2) is 52.3 Å². The maximum Gasteiger partial charge on any atom is 0.469 e. The second kappa shape index (κ2) is 34.9. The zero-order valence-corrected chi connectivity index (χ0v) is 31.8. The molecule has 0 aliphatic rings. The molecular formula is C40H67O9P. The second-order valence-electron chi connectivity index (χ2n) is 12.4. The summed E-state index contributed by atoms with van der Waals surface area (Å²) < 4.78 is 26.2.